The first-order chi connectivity index (χ1) is 13.8. The number of likely N-dealkylation sites (tertiary alicyclic amines) is 1. The maximum atomic E-state index is 12.6. The van der Waals surface area contributed by atoms with Crippen molar-refractivity contribution >= 4 is 28.8 Å². The van der Waals surface area contributed by atoms with Crippen molar-refractivity contribution < 1.29 is 9.53 Å². The second kappa shape index (κ2) is 7.69. The number of hydrogen-bond donors (Lipinski definition) is 1. The zero-order valence-electron chi connectivity index (χ0n) is 17.8. The molecule has 0 unspecified atom stereocenters. The fourth-order valence-electron chi connectivity index (χ4n) is 3.69. The van der Waals surface area contributed by atoms with Gasteiger partial charge in [-0.05, 0) is 58.6 Å². The van der Waals surface area contributed by atoms with Crippen molar-refractivity contribution in [2.75, 3.05) is 30.4 Å². The summed E-state index contributed by atoms with van der Waals surface area (Å²) in [4.78, 5) is 26.3. The van der Waals surface area contributed by atoms with E-state index >= 15 is 0 Å². The van der Waals surface area contributed by atoms with Crippen molar-refractivity contribution in [1.82, 2.24) is 14.9 Å². The van der Waals surface area contributed by atoms with Gasteiger partial charge >= 0.3 is 6.09 Å². The Kier molecular flexibility index (Phi) is 5.23. The summed E-state index contributed by atoms with van der Waals surface area (Å²) in [6.45, 7) is 7.06. The van der Waals surface area contributed by atoms with Gasteiger partial charge in [-0.15, -0.1) is 0 Å². The van der Waals surface area contributed by atoms with Gasteiger partial charge in [-0.25, -0.2) is 14.8 Å². The lowest BCUT2D eigenvalue weighted by atomic mass is 10.0. The van der Waals surface area contributed by atoms with Gasteiger partial charge in [0, 0.05) is 32.2 Å². The highest BCUT2D eigenvalue weighted by molar-refractivity contribution is 5.80. The van der Waals surface area contributed by atoms with Crippen molar-refractivity contribution in [3.8, 4) is 0 Å². The molecule has 4 rings (SSSR count). The van der Waals surface area contributed by atoms with E-state index in [-0.39, 0.29) is 12.1 Å². The predicted octanol–water partition coefficient (Wildman–Crippen LogP) is 4.04. The number of nitrogens with zero attached hydrogens (tertiary/aromatic N) is 4. The zero-order valence-corrected chi connectivity index (χ0v) is 17.8. The van der Waals surface area contributed by atoms with E-state index in [1.54, 1.807) is 0 Å². The van der Waals surface area contributed by atoms with Crippen molar-refractivity contribution in [3.05, 3.63) is 24.3 Å². The number of likely N-dealkylation sites (N-methyl/N-ethyl adjacent to an activating group) is 1. The minimum atomic E-state index is -0.485. The van der Waals surface area contributed by atoms with Gasteiger partial charge < -0.3 is 19.9 Å². The minimum absolute atomic E-state index is 0.173. The van der Waals surface area contributed by atoms with Crippen LogP contribution in [0.25, 0.3) is 11.0 Å². The maximum Gasteiger partial charge on any atom is 0.410 e. The summed E-state index contributed by atoms with van der Waals surface area (Å²) in [5.41, 5.74) is 1.29. The third-order valence-electron chi connectivity index (χ3n) is 5.40. The van der Waals surface area contributed by atoms with Gasteiger partial charge in [-0.1, -0.05) is 12.1 Å². The summed E-state index contributed by atoms with van der Waals surface area (Å²) in [7, 11) is 2.06. The second-order valence-electron chi connectivity index (χ2n) is 9.14. The molecule has 29 heavy (non-hydrogen) atoms. The molecule has 2 aliphatic rings. The smallest absolute Gasteiger partial charge is 0.410 e. The largest absolute Gasteiger partial charge is 0.444 e. The Bertz CT molecular complexity index is 890. The number of aromatic nitrogens is 2. The quantitative estimate of drug-likeness (QED) is 0.840. The Morgan fingerprint density at radius 2 is 1.86 bits per heavy atom. The number of carbonyl (C=O) groups is 1. The number of piperidine rings is 1. The van der Waals surface area contributed by atoms with Crippen LogP contribution in [0.4, 0.5) is 16.4 Å². The van der Waals surface area contributed by atoms with Crippen LogP contribution in [0.1, 0.15) is 46.5 Å². The van der Waals surface area contributed by atoms with Gasteiger partial charge in [-0.3, -0.25) is 0 Å². The lowest BCUT2D eigenvalue weighted by Gasteiger charge is -2.39. The molecule has 2 fully saturated rings. The molecule has 0 spiro atoms. The van der Waals surface area contributed by atoms with E-state index in [1.165, 1.54) is 12.8 Å². The van der Waals surface area contributed by atoms with Gasteiger partial charge in [0.25, 0.3) is 0 Å². The highest BCUT2D eigenvalue weighted by atomic mass is 16.6. The number of para-hydroxylation sites is 2. The van der Waals surface area contributed by atoms with Crippen LogP contribution in [0.3, 0.4) is 0 Å². The molecule has 2 aromatic rings. The number of carbonyl (C=O) groups excluding carboxylic acids is 1. The van der Waals surface area contributed by atoms with Crippen LogP contribution in [-0.2, 0) is 4.74 Å². The molecule has 0 radical (unpaired) electrons. The summed E-state index contributed by atoms with van der Waals surface area (Å²) in [5, 5.41) is 3.54. The van der Waals surface area contributed by atoms with Crippen LogP contribution >= 0.6 is 0 Å². The van der Waals surface area contributed by atoms with Crippen molar-refractivity contribution in [3.63, 3.8) is 0 Å². The molecule has 1 aromatic carbocycles. The lowest BCUT2D eigenvalue weighted by Crippen LogP contribution is -2.50. The van der Waals surface area contributed by atoms with Crippen molar-refractivity contribution in [2.24, 2.45) is 0 Å². The minimum Gasteiger partial charge on any atom is -0.444 e. The Labute approximate surface area is 172 Å². The molecule has 1 saturated carbocycles. The summed E-state index contributed by atoms with van der Waals surface area (Å²) in [6.07, 6.45) is 4.06. The first-order valence-electron chi connectivity index (χ1n) is 10.5. The molecular formula is C22H31N5O2. The van der Waals surface area contributed by atoms with Crippen LogP contribution in [0.15, 0.2) is 24.3 Å². The summed E-state index contributed by atoms with van der Waals surface area (Å²) in [6, 6.07) is 8.62. The zero-order chi connectivity index (χ0) is 20.6. The first kappa shape index (κ1) is 19.7. The molecule has 2 heterocycles. The highest BCUT2D eigenvalue weighted by Gasteiger charge is 2.32. The maximum absolute atomic E-state index is 12.6. The number of hydrogen-bond acceptors (Lipinski definition) is 6. The molecule has 1 aromatic heterocycles. The number of nitrogens with one attached hydrogen (secondary N) is 1. The van der Waals surface area contributed by atoms with Crippen molar-refractivity contribution in [2.45, 2.75) is 64.1 Å². The molecule has 1 aliphatic heterocycles. The monoisotopic (exact) mass is 397 g/mol. The molecule has 1 atom stereocenters. The molecule has 1 amide bonds. The number of rotatable bonds is 4. The molecule has 7 heteroatoms. The fraction of sp³-hybridized carbons (Fsp3) is 0.591. The molecular weight excluding hydrogens is 366 g/mol. The van der Waals surface area contributed by atoms with Crippen LogP contribution in [0.5, 0.6) is 0 Å². The third-order valence-corrected chi connectivity index (χ3v) is 5.40. The van der Waals surface area contributed by atoms with E-state index in [4.69, 9.17) is 14.7 Å². The SMILES string of the molecule is CN(c1nc2ccccc2nc1NC1CC1)[C@H]1CCCN(C(=O)OC(C)(C)C)C1. The molecule has 1 N–H and O–H groups in total. The Hall–Kier alpha value is -2.57. The van der Waals surface area contributed by atoms with Gasteiger partial charge in [0.05, 0.1) is 11.0 Å². The lowest BCUT2D eigenvalue weighted by molar-refractivity contribution is 0.0199. The predicted molar refractivity (Wildman–Crippen MR) is 115 cm³/mol. The third kappa shape index (κ3) is 4.71. The standard InChI is InChI=1S/C22H31N5O2/c1-22(2,3)29-21(28)27-13-7-8-16(14-27)26(4)20-19(23-15-11-12-15)24-17-9-5-6-10-18(17)25-20/h5-6,9-10,15-16H,7-8,11-14H2,1-4H3,(H,23,24)/t16-/m0/s1. The normalized spacial score (nSPS) is 19.9. The van der Waals surface area contributed by atoms with Gasteiger partial charge in [-0.2, -0.15) is 0 Å². The van der Waals surface area contributed by atoms with Gasteiger partial charge in [0.15, 0.2) is 11.6 Å². The Morgan fingerprint density at radius 3 is 2.52 bits per heavy atom. The van der Waals surface area contributed by atoms with Crippen LogP contribution in [0.2, 0.25) is 0 Å². The fourth-order valence-corrected chi connectivity index (χ4v) is 3.69. The van der Waals surface area contributed by atoms with E-state index in [2.05, 4.69) is 17.3 Å². The molecule has 7 nitrogen and oxygen atoms in total. The van der Waals surface area contributed by atoms with E-state index in [0.29, 0.717) is 12.6 Å². The van der Waals surface area contributed by atoms with E-state index < -0.39 is 5.60 Å². The average molecular weight is 398 g/mol. The van der Waals surface area contributed by atoms with Crippen molar-refractivity contribution in [1.29, 1.82) is 0 Å². The van der Waals surface area contributed by atoms with Crippen LogP contribution in [-0.4, -0.2) is 58.8 Å². The van der Waals surface area contributed by atoms with Gasteiger partial charge in [0.1, 0.15) is 5.60 Å². The second-order valence-corrected chi connectivity index (χ2v) is 9.14. The Morgan fingerprint density at radius 1 is 1.17 bits per heavy atom. The molecule has 0 bridgehead atoms. The Balaban J connectivity index is 1.57. The molecule has 156 valence electrons. The van der Waals surface area contributed by atoms with Crippen LogP contribution in [0, 0.1) is 0 Å². The van der Waals surface area contributed by atoms with E-state index in [0.717, 1.165) is 42.1 Å². The van der Waals surface area contributed by atoms with E-state index in [1.807, 2.05) is 49.9 Å². The highest BCUT2D eigenvalue weighted by Crippen LogP contribution is 2.32. The first-order valence-corrected chi connectivity index (χ1v) is 10.5. The number of fused-ring (bicyclic) bond motifs is 1. The summed E-state index contributed by atoms with van der Waals surface area (Å²) >= 11 is 0. The van der Waals surface area contributed by atoms with Gasteiger partial charge in [0.2, 0.25) is 0 Å². The number of benzene rings is 1. The molecule has 1 saturated heterocycles. The topological polar surface area (TPSA) is 70.6 Å². The van der Waals surface area contributed by atoms with Crippen LogP contribution < -0.4 is 10.2 Å². The molecule has 1 aliphatic carbocycles. The average Bonchev–Trinajstić information content (AvgIpc) is 3.50. The number of anilines is 2. The van der Waals surface area contributed by atoms with E-state index in [9.17, 15) is 4.79 Å². The number of amides is 1. The number of ether oxygens (including phenoxy) is 1. The summed E-state index contributed by atoms with van der Waals surface area (Å²) in [5.74, 6) is 1.69. The summed E-state index contributed by atoms with van der Waals surface area (Å²) < 4.78 is 5.58.